The van der Waals surface area contributed by atoms with Crippen LogP contribution in [0, 0.1) is 25.5 Å². The van der Waals surface area contributed by atoms with E-state index < -0.39 is 17.8 Å². The Bertz CT molecular complexity index is 737. The number of aromatic nitrogens is 1. The van der Waals surface area contributed by atoms with Gasteiger partial charge in [-0.05, 0) is 32.8 Å². The number of pyridine rings is 1. The molecule has 0 radical (unpaired) electrons. The Kier molecular flexibility index (Phi) is 5.13. The normalized spacial score (nSPS) is 11.1. The van der Waals surface area contributed by atoms with Crippen LogP contribution in [0.25, 0.3) is 10.9 Å². The van der Waals surface area contributed by atoms with E-state index in [1.54, 1.807) is 13.8 Å². The Morgan fingerprint density at radius 2 is 1.78 bits per heavy atom. The average molecular weight is 323 g/mol. The number of aryl methyl sites for hydroxylation is 1. The van der Waals surface area contributed by atoms with Gasteiger partial charge in [0.2, 0.25) is 0 Å². The van der Waals surface area contributed by atoms with Crippen molar-refractivity contribution >= 4 is 17.1 Å². The Balaban J connectivity index is 2.44. The van der Waals surface area contributed by atoms with Gasteiger partial charge in [0.1, 0.15) is 11.9 Å². The van der Waals surface area contributed by atoms with Crippen molar-refractivity contribution in [2.45, 2.75) is 46.6 Å². The molecule has 23 heavy (non-hydrogen) atoms. The van der Waals surface area contributed by atoms with Crippen LogP contribution in [0.3, 0.4) is 0 Å². The molecule has 1 aromatic heterocycles. The van der Waals surface area contributed by atoms with E-state index in [2.05, 4.69) is 4.98 Å². The summed E-state index contributed by atoms with van der Waals surface area (Å²) in [6, 6.07) is 1.96. The first-order chi connectivity index (χ1) is 10.9. The Hall–Kier alpha value is -2.24. The third-order valence-electron chi connectivity index (χ3n) is 3.81. The first kappa shape index (κ1) is 17.1. The van der Waals surface area contributed by atoms with Crippen molar-refractivity contribution in [1.29, 1.82) is 0 Å². The monoisotopic (exact) mass is 323 g/mol. The zero-order valence-electron chi connectivity index (χ0n) is 13.6. The molecule has 4 nitrogen and oxygen atoms in total. The zero-order valence-corrected chi connectivity index (χ0v) is 13.6. The number of ether oxygens (including phenoxy) is 2. The first-order valence-electron chi connectivity index (χ1n) is 7.51. The maximum absolute atomic E-state index is 13.5. The second-order valence-electron chi connectivity index (χ2n) is 5.34. The summed E-state index contributed by atoms with van der Waals surface area (Å²) in [4.78, 5) is 16.2. The van der Waals surface area contributed by atoms with Crippen LogP contribution in [0.15, 0.2) is 12.1 Å². The summed E-state index contributed by atoms with van der Waals surface area (Å²) in [7, 11) is 0. The van der Waals surface area contributed by atoms with Crippen molar-refractivity contribution in [3.63, 3.8) is 0 Å². The molecular weight excluding hydrogens is 304 g/mol. The van der Waals surface area contributed by atoms with Crippen molar-refractivity contribution in [2.75, 3.05) is 0 Å². The molecule has 6 heteroatoms. The highest BCUT2D eigenvalue weighted by Crippen LogP contribution is 2.32. The van der Waals surface area contributed by atoms with E-state index in [0.29, 0.717) is 24.1 Å². The van der Waals surface area contributed by atoms with Crippen LogP contribution in [0.2, 0.25) is 0 Å². The fraction of sp³-hybridized carbons (Fsp3) is 0.412. The number of nitrogens with zero attached hydrogens (tertiary/aromatic N) is 1. The van der Waals surface area contributed by atoms with Crippen molar-refractivity contribution < 1.29 is 23.0 Å². The number of halogens is 2. The van der Waals surface area contributed by atoms with Gasteiger partial charge in [-0.3, -0.25) is 4.98 Å². The largest absolute Gasteiger partial charge is 0.514 e. The minimum atomic E-state index is -1.03. The lowest BCUT2D eigenvalue weighted by Gasteiger charge is -2.16. The minimum Gasteiger partial charge on any atom is -0.431 e. The van der Waals surface area contributed by atoms with Crippen LogP contribution < -0.4 is 4.74 Å². The third kappa shape index (κ3) is 3.57. The van der Waals surface area contributed by atoms with Gasteiger partial charge >= 0.3 is 6.16 Å². The molecule has 0 bridgehead atoms. The molecule has 124 valence electrons. The Morgan fingerprint density at radius 3 is 2.39 bits per heavy atom. The van der Waals surface area contributed by atoms with E-state index in [0.717, 1.165) is 12.1 Å². The lowest BCUT2D eigenvalue weighted by Crippen LogP contribution is -2.20. The van der Waals surface area contributed by atoms with Crippen LogP contribution >= 0.6 is 0 Å². The Labute approximate surface area is 133 Å². The number of carbonyl (C=O) groups excluding carboxylic acids is 1. The van der Waals surface area contributed by atoms with Gasteiger partial charge in [-0.15, -0.1) is 0 Å². The summed E-state index contributed by atoms with van der Waals surface area (Å²) in [5, 5.41) is 0.230. The number of rotatable bonds is 4. The molecule has 2 rings (SSSR count). The van der Waals surface area contributed by atoms with Crippen LogP contribution in [0.1, 0.15) is 37.9 Å². The van der Waals surface area contributed by atoms with Crippen molar-refractivity contribution in [3.05, 3.63) is 35.0 Å². The van der Waals surface area contributed by atoms with Crippen LogP contribution in [-0.2, 0) is 4.74 Å². The predicted molar refractivity (Wildman–Crippen MR) is 82.6 cm³/mol. The number of hydrogen-bond donors (Lipinski definition) is 0. The van der Waals surface area contributed by atoms with Crippen molar-refractivity contribution in [2.24, 2.45) is 0 Å². The van der Waals surface area contributed by atoms with Gasteiger partial charge in [-0.2, -0.15) is 0 Å². The number of hydrogen-bond acceptors (Lipinski definition) is 4. The predicted octanol–water partition coefficient (Wildman–Crippen LogP) is 4.83. The molecule has 0 unspecified atom stereocenters. The highest BCUT2D eigenvalue weighted by molar-refractivity contribution is 5.88. The number of carbonyl (C=O) groups is 1. The molecule has 2 aromatic rings. The summed E-state index contributed by atoms with van der Waals surface area (Å²) in [5.41, 5.74) is 1.36. The van der Waals surface area contributed by atoms with E-state index in [1.807, 2.05) is 13.8 Å². The van der Waals surface area contributed by atoms with Crippen LogP contribution in [-0.4, -0.2) is 17.2 Å². The SMILES string of the molecule is CCC(CC)OC(=O)Oc1c(C)c(C)nc2cc(F)c(F)cc12. The van der Waals surface area contributed by atoms with E-state index in [1.165, 1.54) is 0 Å². The van der Waals surface area contributed by atoms with Gasteiger partial charge in [-0.25, -0.2) is 13.6 Å². The van der Waals surface area contributed by atoms with E-state index in [9.17, 15) is 13.6 Å². The van der Waals surface area contributed by atoms with Crippen LogP contribution in [0.5, 0.6) is 5.75 Å². The molecule has 0 saturated heterocycles. The molecule has 1 heterocycles. The smallest absolute Gasteiger partial charge is 0.431 e. The lowest BCUT2D eigenvalue weighted by atomic mass is 10.1. The summed E-state index contributed by atoms with van der Waals surface area (Å²) in [6.07, 6.45) is 0.228. The van der Waals surface area contributed by atoms with Crippen LogP contribution in [0.4, 0.5) is 13.6 Å². The molecule has 0 aliphatic carbocycles. The average Bonchev–Trinajstić information content (AvgIpc) is 2.51. The highest BCUT2D eigenvalue weighted by atomic mass is 19.2. The van der Waals surface area contributed by atoms with Crippen molar-refractivity contribution in [1.82, 2.24) is 4.98 Å². The molecule has 0 fully saturated rings. The molecule has 0 amide bonds. The zero-order chi connectivity index (χ0) is 17.1. The maximum Gasteiger partial charge on any atom is 0.514 e. The molecule has 0 spiro atoms. The van der Waals surface area contributed by atoms with Gasteiger partial charge < -0.3 is 9.47 Å². The molecule has 0 N–H and O–H groups in total. The molecule has 0 aliphatic heterocycles. The standard InChI is InChI=1S/C17H19F2NO3/c1-5-11(6-2)22-17(21)23-16-9(3)10(4)20-15-8-14(19)13(18)7-12(15)16/h7-8,11H,5-6H2,1-4H3. The second-order valence-corrected chi connectivity index (χ2v) is 5.34. The summed E-state index contributed by atoms with van der Waals surface area (Å²) < 4.78 is 37.4. The van der Waals surface area contributed by atoms with E-state index in [-0.39, 0.29) is 22.8 Å². The van der Waals surface area contributed by atoms with E-state index in [4.69, 9.17) is 9.47 Å². The quantitative estimate of drug-likeness (QED) is 0.756. The fourth-order valence-corrected chi connectivity index (χ4v) is 2.27. The topological polar surface area (TPSA) is 48.4 Å². The molecule has 0 aliphatic rings. The Morgan fingerprint density at radius 1 is 1.17 bits per heavy atom. The molecule has 0 atom stereocenters. The van der Waals surface area contributed by atoms with Gasteiger partial charge in [0.15, 0.2) is 11.6 Å². The van der Waals surface area contributed by atoms with Gasteiger partial charge in [0.05, 0.1) is 5.52 Å². The summed E-state index contributed by atoms with van der Waals surface area (Å²) >= 11 is 0. The van der Waals surface area contributed by atoms with Gasteiger partial charge in [-0.1, -0.05) is 13.8 Å². The maximum atomic E-state index is 13.5. The number of benzene rings is 1. The van der Waals surface area contributed by atoms with E-state index >= 15 is 0 Å². The second kappa shape index (κ2) is 6.89. The highest BCUT2D eigenvalue weighted by Gasteiger charge is 2.19. The molecular formula is C17H19F2NO3. The lowest BCUT2D eigenvalue weighted by molar-refractivity contribution is 0.0551. The third-order valence-corrected chi connectivity index (χ3v) is 3.81. The molecule has 1 aromatic carbocycles. The molecule has 0 saturated carbocycles. The number of fused-ring (bicyclic) bond motifs is 1. The van der Waals surface area contributed by atoms with Crippen molar-refractivity contribution in [3.8, 4) is 5.75 Å². The fourth-order valence-electron chi connectivity index (χ4n) is 2.27. The summed E-state index contributed by atoms with van der Waals surface area (Å²) in [5.74, 6) is -1.89. The van der Waals surface area contributed by atoms with Gasteiger partial charge in [0.25, 0.3) is 0 Å². The van der Waals surface area contributed by atoms with Gasteiger partial charge in [0, 0.05) is 22.7 Å². The minimum absolute atomic E-state index is 0.141. The summed E-state index contributed by atoms with van der Waals surface area (Å²) in [6.45, 7) is 7.20. The first-order valence-corrected chi connectivity index (χ1v) is 7.51.